The van der Waals surface area contributed by atoms with Crippen LogP contribution in [0.5, 0.6) is 0 Å². The van der Waals surface area contributed by atoms with Crippen molar-refractivity contribution in [3.8, 4) is 0 Å². The molecule has 0 atom stereocenters. The molecule has 3 heteroatoms. The molecule has 0 aliphatic heterocycles. The second kappa shape index (κ2) is 6.90. The summed E-state index contributed by atoms with van der Waals surface area (Å²) in [7, 11) is 0. The van der Waals surface area contributed by atoms with E-state index < -0.39 is 0 Å². The van der Waals surface area contributed by atoms with E-state index in [0.717, 1.165) is 15.6 Å². The molecule has 2 aromatic rings. The van der Waals surface area contributed by atoms with Crippen molar-refractivity contribution in [1.82, 2.24) is 5.32 Å². The van der Waals surface area contributed by atoms with Crippen molar-refractivity contribution < 1.29 is 4.79 Å². The lowest BCUT2D eigenvalue weighted by molar-refractivity contribution is 0.0950. The fourth-order valence-corrected chi connectivity index (χ4v) is 2.50. The van der Waals surface area contributed by atoms with Crippen molar-refractivity contribution in [3.05, 3.63) is 69.2 Å². The third-order valence-electron chi connectivity index (χ3n) is 3.54. The first-order valence-corrected chi connectivity index (χ1v) is 7.90. The zero-order chi connectivity index (χ0) is 15.4. The van der Waals surface area contributed by atoms with Crippen molar-refractivity contribution in [1.29, 1.82) is 0 Å². The van der Waals surface area contributed by atoms with E-state index >= 15 is 0 Å². The molecule has 21 heavy (non-hydrogen) atoms. The maximum atomic E-state index is 12.2. The van der Waals surface area contributed by atoms with Crippen LogP contribution in [0.15, 0.2) is 46.9 Å². The van der Waals surface area contributed by atoms with Gasteiger partial charge >= 0.3 is 0 Å². The molecule has 0 spiro atoms. The molecular weight excluding hydrogens is 326 g/mol. The van der Waals surface area contributed by atoms with Crippen molar-refractivity contribution in [3.63, 3.8) is 0 Å². The van der Waals surface area contributed by atoms with Crippen LogP contribution in [-0.2, 0) is 6.54 Å². The van der Waals surface area contributed by atoms with E-state index in [1.807, 2.05) is 25.1 Å². The van der Waals surface area contributed by atoms with Crippen molar-refractivity contribution in [2.24, 2.45) is 0 Å². The van der Waals surface area contributed by atoms with Gasteiger partial charge in [-0.3, -0.25) is 4.79 Å². The van der Waals surface area contributed by atoms with Gasteiger partial charge in [-0.1, -0.05) is 60.1 Å². The first kappa shape index (κ1) is 15.8. The molecule has 0 aliphatic rings. The fraction of sp³-hybridized carbons (Fsp3) is 0.278. The first-order valence-electron chi connectivity index (χ1n) is 7.10. The van der Waals surface area contributed by atoms with Gasteiger partial charge in [0, 0.05) is 16.6 Å². The largest absolute Gasteiger partial charge is 0.348 e. The number of carbonyl (C=O) groups excluding carboxylic acids is 1. The zero-order valence-electron chi connectivity index (χ0n) is 12.6. The second-order valence-electron chi connectivity index (χ2n) is 5.54. The quantitative estimate of drug-likeness (QED) is 0.846. The van der Waals surface area contributed by atoms with Crippen molar-refractivity contribution >= 4 is 21.8 Å². The van der Waals surface area contributed by atoms with Gasteiger partial charge in [0.15, 0.2) is 0 Å². The Balaban J connectivity index is 2.02. The Labute approximate surface area is 134 Å². The summed E-state index contributed by atoms with van der Waals surface area (Å²) < 4.78 is 0.916. The molecule has 0 bridgehead atoms. The number of halogens is 1. The van der Waals surface area contributed by atoms with Crippen LogP contribution in [0.1, 0.15) is 46.8 Å². The van der Waals surface area contributed by atoms with Gasteiger partial charge in [0.05, 0.1) is 0 Å². The van der Waals surface area contributed by atoms with Crippen LogP contribution in [0.2, 0.25) is 0 Å². The predicted octanol–water partition coefficient (Wildman–Crippen LogP) is 4.81. The normalized spacial score (nSPS) is 10.7. The molecule has 0 aromatic heterocycles. The Bertz CT molecular complexity index is 632. The van der Waals surface area contributed by atoms with E-state index in [1.54, 1.807) is 0 Å². The number of amides is 1. The monoisotopic (exact) mass is 345 g/mol. The smallest absolute Gasteiger partial charge is 0.251 e. The van der Waals surface area contributed by atoms with Gasteiger partial charge in [-0.2, -0.15) is 0 Å². The Morgan fingerprint density at radius 1 is 1.14 bits per heavy atom. The molecule has 1 amide bonds. The van der Waals surface area contributed by atoms with E-state index in [1.165, 1.54) is 5.56 Å². The molecule has 0 heterocycles. The van der Waals surface area contributed by atoms with E-state index in [2.05, 4.69) is 59.4 Å². The summed E-state index contributed by atoms with van der Waals surface area (Å²) in [5.74, 6) is 0.486. The second-order valence-corrected chi connectivity index (χ2v) is 6.45. The SMILES string of the molecule is Cc1ccc(Br)cc1C(=O)NCc1ccc(C(C)C)cc1. The third kappa shape index (κ3) is 4.18. The van der Waals surface area contributed by atoms with Gasteiger partial charge in [-0.25, -0.2) is 0 Å². The van der Waals surface area contributed by atoms with Crippen LogP contribution in [0.25, 0.3) is 0 Å². The zero-order valence-corrected chi connectivity index (χ0v) is 14.2. The fourth-order valence-electron chi connectivity index (χ4n) is 2.14. The summed E-state index contributed by atoms with van der Waals surface area (Å²) in [6.07, 6.45) is 0. The maximum Gasteiger partial charge on any atom is 0.251 e. The summed E-state index contributed by atoms with van der Waals surface area (Å²) in [6, 6.07) is 14.1. The Morgan fingerprint density at radius 2 is 1.81 bits per heavy atom. The van der Waals surface area contributed by atoms with E-state index in [9.17, 15) is 4.79 Å². The third-order valence-corrected chi connectivity index (χ3v) is 4.04. The first-order chi connectivity index (χ1) is 9.97. The van der Waals surface area contributed by atoms with Gasteiger partial charge in [-0.05, 0) is 41.7 Å². The van der Waals surface area contributed by atoms with Crippen LogP contribution in [-0.4, -0.2) is 5.91 Å². The highest BCUT2D eigenvalue weighted by atomic mass is 79.9. The van der Waals surface area contributed by atoms with Gasteiger partial charge in [0.25, 0.3) is 5.91 Å². The van der Waals surface area contributed by atoms with Crippen LogP contribution in [0, 0.1) is 6.92 Å². The molecule has 1 N–H and O–H groups in total. The molecule has 110 valence electrons. The van der Waals surface area contributed by atoms with Crippen LogP contribution in [0.4, 0.5) is 0 Å². The molecule has 0 unspecified atom stereocenters. The summed E-state index contributed by atoms with van der Waals surface area (Å²) in [5.41, 5.74) is 4.11. The van der Waals surface area contributed by atoms with Gasteiger partial charge < -0.3 is 5.32 Å². The minimum atomic E-state index is -0.0401. The van der Waals surface area contributed by atoms with Crippen molar-refractivity contribution in [2.45, 2.75) is 33.2 Å². The number of aryl methyl sites for hydroxylation is 1. The predicted molar refractivity (Wildman–Crippen MR) is 90.6 cm³/mol. The summed E-state index contributed by atoms with van der Waals surface area (Å²) in [6.45, 7) is 6.83. The van der Waals surface area contributed by atoms with Crippen molar-refractivity contribution in [2.75, 3.05) is 0 Å². The number of benzene rings is 2. The molecule has 2 nitrogen and oxygen atoms in total. The highest BCUT2D eigenvalue weighted by Crippen LogP contribution is 2.17. The molecule has 2 rings (SSSR count). The molecule has 0 saturated heterocycles. The van der Waals surface area contributed by atoms with Gasteiger partial charge in [0.2, 0.25) is 0 Å². The van der Waals surface area contributed by atoms with Crippen LogP contribution in [0.3, 0.4) is 0 Å². The van der Waals surface area contributed by atoms with Crippen LogP contribution < -0.4 is 5.32 Å². The molecular formula is C18H20BrNO. The standard InChI is InChI=1S/C18H20BrNO/c1-12(2)15-7-5-14(6-8-15)11-20-18(21)17-10-16(19)9-4-13(17)3/h4-10,12H,11H2,1-3H3,(H,20,21). The molecule has 0 aliphatic carbocycles. The minimum absolute atomic E-state index is 0.0401. The number of hydrogen-bond acceptors (Lipinski definition) is 1. The molecule has 0 saturated carbocycles. The lowest BCUT2D eigenvalue weighted by atomic mass is 10.0. The van der Waals surface area contributed by atoms with E-state index in [0.29, 0.717) is 18.0 Å². The Hall–Kier alpha value is -1.61. The lowest BCUT2D eigenvalue weighted by Crippen LogP contribution is -2.23. The summed E-state index contributed by atoms with van der Waals surface area (Å²) in [4.78, 5) is 12.2. The number of rotatable bonds is 4. The molecule has 0 fully saturated rings. The highest BCUT2D eigenvalue weighted by Gasteiger charge is 2.09. The minimum Gasteiger partial charge on any atom is -0.348 e. The van der Waals surface area contributed by atoms with Crippen LogP contribution >= 0.6 is 15.9 Å². The maximum absolute atomic E-state index is 12.2. The summed E-state index contributed by atoms with van der Waals surface area (Å²) in [5, 5.41) is 2.97. The highest BCUT2D eigenvalue weighted by molar-refractivity contribution is 9.10. The molecule has 2 aromatic carbocycles. The lowest BCUT2D eigenvalue weighted by Gasteiger charge is -2.10. The van der Waals surface area contributed by atoms with Gasteiger partial charge in [0.1, 0.15) is 0 Å². The molecule has 0 radical (unpaired) electrons. The average Bonchev–Trinajstić information content (AvgIpc) is 2.47. The van der Waals surface area contributed by atoms with E-state index in [4.69, 9.17) is 0 Å². The van der Waals surface area contributed by atoms with E-state index in [-0.39, 0.29) is 5.91 Å². The Kier molecular flexibility index (Phi) is 5.18. The average molecular weight is 346 g/mol. The number of carbonyl (C=O) groups is 1. The topological polar surface area (TPSA) is 29.1 Å². The number of nitrogens with one attached hydrogen (secondary N) is 1. The Morgan fingerprint density at radius 3 is 2.43 bits per heavy atom. The van der Waals surface area contributed by atoms with Gasteiger partial charge in [-0.15, -0.1) is 0 Å². The number of hydrogen-bond donors (Lipinski definition) is 1. The summed E-state index contributed by atoms with van der Waals surface area (Å²) >= 11 is 3.40.